The number of nitrogens with one attached hydrogen (secondary N) is 1. The number of hydrogen-bond donors (Lipinski definition) is 2. The third-order valence-corrected chi connectivity index (χ3v) is 5.04. The average Bonchev–Trinajstić information content (AvgIpc) is 2.50. The fourth-order valence-corrected chi connectivity index (χ4v) is 3.42. The molecule has 0 heterocycles. The third kappa shape index (κ3) is 7.55. The van der Waals surface area contributed by atoms with E-state index < -0.39 is 5.97 Å². The number of carbonyl (C=O) groups excluding carboxylic acids is 1. The SMILES string of the molecule is CCSC(C(=O)NC(CCC(=O)O)Cc1ccccc1)C(C)C. The Bertz CT molecular complexity index is 490. The van der Waals surface area contributed by atoms with Gasteiger partial charge in [0.05, 0.1) is 5.25 Å². The van der Waals surface area contributed by atoms with E-state index in [1.165, 1.54) is 0 Å². The third-order valence-electron chi connectivity index (χ3n) is 3.59. The van der Waals surface area contributed by atoms with Crippen LogP contribution in [0.1, 0.15) is 39.2 Å². The number of hydrogen-bond acceptors (Lipinski definition) is 3. The Morgan fingerprint density at radius 3 is 2.39 bits per heavy atom. The molecule has 0 radical (unpaired) electrons. The molecule has 0 aliphatic rings. The summed E-state index contributed by atoms with van der Waals surface area (Å²) in [6, 6.07) is 9.70. The average molecular weight is 337 g/mol. The van der Waals surface area contributed by atoms with Crippen LogP contribution in [-0.2, 0) is 16.0 Å². The summed E-state index contributed by atoms with van der Waals surface area (Å²) in [7, 11) is 0. The van der Waals surface area contributed by atoms with Crippen molar-refractivity contribution in [3.05, 3.63) is 35.9 Å². The van der Waals surface area contributed by atoms with Gasteiger partial charge in [-0.15, -0.1) is 11.8 Å². The minimum absolute atomic E-state index is 0.0122. The summed E-state index contributed by atoms with van der Waals surface area (Å²) in [5.74, 6) is 0.310. The molecule has 2 atom stereocenters. The highest BCUT2D eigenvalue weighted by Gasteiger charge is 2.24. The molecule has 0 saturated heterocycles. The van der Waals surface area contributed by atoms with Crippen LogP contribution in [0, 0.1) is 5.92 Å². The first kappa shape index (κ1) is 19.6. The van der Waals surface area contributed by atoms with Gasteiger partial charge in [-0.1, -0.05) is 51.1 Å². The summed E-state index contributed by atoms with van der Waals surface area (Å²) < 4.78 is 0. The molecule has 23 heavy (non-hydrogen) atoms. The van der Waals surface area contributed by atoms with E-state index in [1.54, 1.807) is 11.8 Å². The monoisotopic (exact) mass is 337 g/mol. The lowest BCUT2D eigenvalue weighted by Gasteiger charge is -2.24. The molecule has 0 aliphatic carbocycles. The van der Waals surface area contributed by atoms with Crippen LogP contribution < -0.4 is 5.32 Å². The van der Waals surface area contributed by atoms with Gasteiger partial charge in [0, 0.05) is 12.5 Å². The zero-order chi connectivity index (χ0) is 17.2. The van der Waals surface area contributed by atoms with Crippen LogP contribution in [0.25, 0.3) is 0 Å². The lowest BCUT2D eigenvalue weighted by molar-refractivity contribution is -0.137. The molecule has 1 aromatic carbocycles. The lowest BCUT2D eigenvalue weighted by atomic mass is 10.0. The summed E-state index contributed by atoms with van der Waals surface area (Å²) in [4.78, 5) is 23.4. The van der Waals surface area contributed by atoms with Crippen molar-refractivity contribution in [3.63, 3.8) is 0 Å². The number of benzene rings is 1. The van der Waals surface area contributed by atoms with E-state index in [4.69, 9.17) is 5.11 Å². The predicted molar refractivity (Wildman–Crippen MR) is 95.7 cm³/mol. The van der Waals surface area contributed by atoms with Crippen molar-refractivity contribution in [3.8, 4) is 0 Å². The Kier molecular flexibility index (Phi) is 8.77. The van der Waals surface area contributed by atoms with Crippen LogP contribution in [0.15, 0.2) is 30.3 Å². The van der Waals surface area contributed by atoms with Gasteiger partial charge in [-0.25, -0.2) is 0 Å². The number of carboxylic acids is 1. The van der Waals surface area contributed by atoms with Gasteiger partial charge in [0.15, 0.2) is 0 Å². The molecule has 1 aromatic rings. The van der Waals surface area contributed by atoms with Gasteiger partial charge in [-0.05, 0) is 30.1 Å². The van der Waals surface area contributed by atoms with Gasteiger partial charge in [0.1, 0.15) is 0 Å². The van der Waals surface area contributed by atoms with Gasteiger partial charge in [0.25, 0.3) is 0 Å². The first-order chi connectivity index (χ1) is 10.9. The highest BCUT2D eigenvalue weighted by atomic mass is 32.2. The Labute approximate surface area is 143 Å². The molecule has 0 spiro atoms. The van der Waals surface area contributed by atoms with E-state index in [2.05, 4.69) is 5.32 Å². The van der Waals surface area contributed by atoms with Crippen molar-refractivity contribution in [2.24, 2.45) is 5.92 Å². The second kappa shape index (κ2) is 10.3. The molecule has 0 aliphatic heterocycles. The summed E-state index contributed by atoms with van der Waals surface area (Å²) in [5.41, 5.74) is 1.10. The smallest absolute Gasteiger partial charge is 0.303 e. The molecule has 2 unspecified atom stereocenters. The fourth-order valence-electron chi connectivity index (χ4n) is 2.46. The minimum Gasteiger partial charge on any atom is -0.481 e. The number of thioether (sulfide) groups is 1. The molecule has 1 rings (SSSR count). The van der Waals surface area contributed by atoms with Crippen LogP contribution >= 0.6 is 11.8 Å². The number of carboxylic acid groups (broad SMARTS) is 1. The Balaban J connectivity index is 2.74. The van der Waals surface area contributed by atoms with Gasteiger partial charge in [-0.2, -0.15) is 0 Å². The molecule has 0 aromatic heterocycles. The van der Waals surface area contributed by atoms with E-state index in [0.29, 0.717) is 12.8 Å². The van der Waals surface area contributed by atoms with Crippen molar-refractivity contribution >= 4 is 23.6 Å². The molecule has 128 valence electrons. The first-order valence-corrected chi connectivity index (χ1v) is 9.16. The lowest BCUT2D eigenvalue weighted by Crippen LogP contribution is -2.43. The Morgan fingerprint density at radius 2 is 1.87 bits per heavy atom. The van der Waals surface area contributed by atoms with E-state index in [1.807, 2.05) is 51.1 Å². The summed E-state index contributed by atoms with van der Waals surface area (Å²) >= 11 is 1.64. The molecule has 5 heteroatoms. The Morgan fingerprint density at radius 1 is 1.22 bits per heavy atom. The normalized spacial score (nSPS) is 13.6. The molecule has 0 bridgehead atoms. The number of rotatable bonds is 10. The topological polar surface area (TPSA) is 66.4 Å². The first-order valence-electron chi connectivity index (χ1n) is 8.11. The molecule has 4 nitrogen and oxygen atoms in total. The second-order valence-corrected chi connectivity index (χ2v) is 7.37. The van der Waals surface area contributed by atoms with Crippen LogP contribution in [0.2, 0.25) is 0 Å². The maximum Gasteiger partial charge on any atom is 0.303 e. The molecule has 1 amide bonds. The van der Waals surface area contributed by atoms with E-state index in [9.17, 15) is 9.59 Å². The largest absolute Gasteiger partial charge is 0.481 e. The van der Waals surface area contributed by atoms with Crippen molar-refractivity contribution in [1.82, 2.24) is 5.32 Å². The zero-order valence-electron chi connectivity index (χ0n) is 14.1. The fraction of sp³-hybridized carbons (Fsp3) is 0.556. The number of carbonyl (C=O) groups is 2. The highest BCUT2D eigenvalue weighted by Crippen LogP contribution is 2.20. The van der Waals surface area contributed by atoms with Crippen LogP contribution in [0.5, 0.6) is 0 Å². The quantitative estimate of drug-likeness (QED) is 0.687. The van der Waals surface area contributed by atoms with Crippen molar-refractivity contribution in [1.29, 1.82) is 0 Å². The summed E-state index contributed by atoms with van der Waals surface area (Å²) in [5, 5.41) is 11.9. The Hall–Kier alpha value is -1.49. The maximum atomic E-state index is 12.5. The van der Waals surface area contributed by atoms with E-state index in [0.717, 1.165) is 11.3 Å². The van der Waals surface area contributed by atoms with Gasteiger partial charge in [-0.3, -0.25) is 9.59 Å². The van der Waals surface area contributed by atoms with Gasteiger partial charge in [0.2, 0.25) is 5.91 Å². The molecule has 0 saturated carbocycles. The van der Waals surface area contributed by atoms with Crippen molar-refractivity contribution < 1.29 is 14.7 Å². The molecule has 2 N–H and O–H groups in total. The van der Waals surface area contributed by atoms with Crippen LogP contribution in [0.3, 0.4) is 0 Å². The van der Waals surface area contributed by atoms with Crippen molar-refractivity contribution in [2.45, 2.75) is 51.3 Å². The van der Waals surface area contributed by atoms with E-state index >= 15 is 0 Å². The second-order valence-electron chi connectivity index (χ2n) is 5.95. The maximum absolute atomic E-state index is 12.5. The minimum atomic E-state index is -0.833. The van der Waals surface area contributed by atoms with Gasteiger partial charge < -0.3 is 10.4 Å². The molecular formula is C18H27NO3S. The summed E-state index contributed by atoms with van der Waals surface area (Å²) in [6.45, 7) is 6.12. The number of amides is 1. The van der Waals surface area contributed by atoms with E-state index in [-0.39, 0.29) is 29.5 Å². The summed E-state index contributed by atoms with van der Waals surface area (Å²) in [6.07, 6.45) is 1.16. The van der Waals surface area contributed by atoms with Gasteiger partial charge >= 0.3 is 5.97 Å². The zero-order valence-corrected chi connectivity index (χ0v) is 14.9. The van der Waals surface area contributed by atoms with Crippen molar-refractivity contribution in [2.75, 3.05) is 5.75 Å². The standard InChI is InChI=1S/C18H27NO3S/c1-4-23-17(13(2)3)18(22)19-15(10-11-16(20)21)12-14-8-6-5-7-9-14/h5-9,13,15,17H,4,10-12H2,1-3H3,(H,19,22)(H,20,21). The number of aliphatic carboxylic acids is 1. The predicted octanol–water partition coefficient (Wildman–Crippen LogP) is 3.36. The van der Waals surface area contributed by atoms with Crippen LogP contribution in [-0.4, -0.2) is 34.0 Å². The molecular weight excluding hydrogens is 310 g/mol. The highest BCUT2D eigenvalue weighted by molar-refractivity contribution is 8.00. The van der Waals surface area contributed by atoms with Crippen LogP contribution in [0.4, 0.5) is 0 Å². The molecule has 0 fully saturated rings.